The largest absolute Gasteiger partial charge is 0.343 e. The van der Waals surface area contributed by atoms with Gasteiger partial charge in [0.1, 0.15) is 0 Å². The van der Waals surface area contributed by atoms with Crippen LogP contribution in [0.4, 0.5) is 5.69 Å². The molecule has 25 heavy (non-hydrogen) atoms. The Bertz CT molecular complexity index is 525. The number of nitrogens with zero attached hydrogens (tertiary/aromatic N) is 3. The lowest BCUT2D eigenvalue weighted by Gasteiger charge is -2.30. The fourth-order valence-electron chi connectivity index (χ4n) is 2.97. The Balaban J connectivity index is 0.00000312. The van der Waals surface area contributed by atoms with Gasteiger partial charge in [0.2, 0.25) is 5.91 Å². The van der Waals surface area contributed by atoms with Crippen LogP contribution in [0.2, 0.25) is 0 Å². The zero-order valence-electron chi connectivity index (χ0n) is 15.4. The Hall–Kier alpha value is -1.31. The quantitative estimate of drug-likeness (QED) is 0.401. The molecule has 1 heterocycles. The van der Waals surface area contributed by atoms with Crippen LogP contribution in [0.3, 0.4) is 0 Å². The molecule has 1 fully saturated rings. The van der Waals surface area contributed by atoms with Gasteiger partial charge in [0.25, 0.3) is 0 Å². The number of nitrogens with one attached hydrogen (secondary N) is 1. The van der Waals surface area contributed by atoms with Crippen LogP contribution in [-0.4, -0.2) is 54.4 Å². The van der Waals surface area contributed by atoms with Crippen LogP contribution in [0, 0.1) is 0 Å². The molecule has 1 aromatic carbocycles. The number of rotatable bonds is 6. The number of hydrogen-bond acceptors (Lipinski definition) is 2. The van der Waals surface area contributed by atoms with Crippen LogP contribution < -0.4 is 5.32 Å². The van der Waals surface area contributed by atoms with E-state index in [0.29, 0.717) is 13.0 Å². The summed E-state index contributed by atoms with van der Waals surface area (Å²) in [5.41, 5.74) is 1.04. The van der Waals surface area contributed by atoms with Crippen molar-refractivity contribution < 1.29 is 4.79 Å². The van der Waals surface area contributed by atoms with Crippen LogP contribution in [-0.2, 0) is 4.79 Å². The summed E-state index contributed by atoms with van der Waals surface area (Å²) in [7, 11) is 0. The van der Waals surface area contributed by atoms with Crippen molar-refractivity contribution in [3.63, 3.8) is 0 Å². The first-order valence-electron chi connectivity index (χ1n) is 9.13. The Labute approximate surface area is 168 Å². The Morgan fingerprint density at radius 2 is 1.76 bits per heavy atom. The van der Waals surface area contributed by atoms with Gasteiger partial charge >= 0.3 is 0 Å². The van der Waals surface area contributed by atoms with Crippen molar-refractivity contribution in [1.82, 2.24) is 9.80 Å². The fraction of sp³-hybridized carbons (Fsp3) is 0.579. The number of para-hydroxylation sites is 1. The number of benzene rings is 1. The van der Waals surface area contributed by atoms with Crippen molar-refractivity contribution in [2.45, 2.75) is 39.5 Å². The minimum absolute atomic E-state index is 0. The lowest BCUT2D eigenvalue weighted by atomic mass is 10.1. The second-order valence-corrected chi connectivity index (χ2v) is 6.06. The van der Waals surface area contributed by atoms with Gasteiger partial charge in [-0.15, -0.1) is 24.0 Å². The molecule has 5 nitrogen and oxygen atoms in total. The number of carbonyl (C=O) groups excluding carboxylic acids is 1. The standard InChI is InChI=1S/C19H30N4O.HI/c1-3-22(4-2)18(24)13-14-20-19(23-15-9-6-10-16-23)21-17-11-7-5-8-12-17;/h5,7-8,11-12H,3-4,6,9-10,13-16H2,1-2H3,(H,20,21);1H. The topological polar surface area (TPSA) is 47.9 Å². The number of hydrogen-bond donors (Lipinski definition) is 1. The van der Waals surface area contributed by atoms with E-state index in [0.717, 1.165) is 37.8 Å². The summed E-state index contributed by atoms with van der Waals surface area (Å²) >= 11 is 0. The third-order valence-corrected chi connectivity index (χ3v) is 4.39. The molecular formula is C19H31IN4O. The smallest absolute Gasteiger partial charge is 0.224 e. The first-order valence-corrected chi connectivity index (χ1v) is 9.13. The second-order valence-electron chi connectivity index (χ2n) is 6.06. The highest BCUT2D eigenvalue weighted by molar-refractivity contribution is 14.0. The molecule has 0 spiro atoms. The van der Waals surface area contributed by atoms with E-state index >= 15 is 0 Å². The van der Waals surface area contributed by atoms with Gasteiger partial charge < -0.3 is 15.1 Å². The molecule has 0 radical (unpaired) electrons. The maximum Gasteiger partial charge on any atom is 0.224 e. The lowest BCUT2D eigenvalue weighted by molar-refractivity contribution is -0.130. The van der Waals surface area contributed by atoms with Crippen LogP contribution in [0.5, 0.6) is 0 Å². The molecule has 0 unspecified atom stereocenters. The molecule has 0 atom stereocenters. The summed E-state index contributed by atoms with van der Waals surface area (Å²) in [5, 5.41) is 3.43. The number of amides is 1. The number of carbonyl (C=O) groups is 1. The molecule has 0 saturated carbocycles. The summed E-state index contributed by atoms with van der Waals surface area (Å²) in [6.45, 7) is 8.15. The van der Waals surface area contributed by atoms with Crippen molar-refractivity contribution in [1.29, 1.82) is 0 Å². The van der Waals surface area contributed by atoms with E-state index in [1.54, 1.807) is 0 Å². The fourth-order valence-corrected chi connectivity index (χ4v) is 2.97. The third kappa shape index (κ3) is 7.22. The molecule has 2 rings (SSSR count). The summed E-state index contributed by atoms with van der Waals surface area (Å²) in [4.78, 5) is 21.0. The van der Waals surface area contributed by atoms with Crippen LogP contribution >= 0.6 is 24.0 Å². The van der Waals surface area contributed by atoms with Crippen molar-refractivity contribution >= 4 is 41.5 Å². The highest BCUT2D eigenvalue weighted by Crippen LogP contribution is 2.12. The number of halogens is 1. The second kappa shape index (κ2) is 12.1. The lowest BCUT2D eigenvalue weighted by Crippen LogP contribution is -2.40. The zero-order valence-corrected chi connectivity index (χ0v) is 17.7. The van der Waals surface area contributed by atoms with Crippen molar-refractivity contribution in [2.75, 3.05) is 38.0 Å². The van der Waals surface area contributed by atoms with Gasteiger partial charge in [-0.1, -0.05) is 18.2 Å². The van der Waals surface area contributed by atoms with Crippen molar-refractivity contribution in [3.8, 4) is 0 Å². The Morgan fingerprint density at radius 3 is 2.36 bits per heavy atom. The van der Waals surface area contributed by atoms with Gasteiger partial charge in [0.05, 0.1) is 6.54 Å². The predicted molar refractivity (Wildman–Crippen MR) is 116 cm³/mol. The minimum atomic E-state index is 0. The zero-order chi connectivity index (χ0) is 17.2. The normalized spacial score (nSPS) is 14.6. The minimum Gasteiger partial charge on any atom is -0.343 e. The first-order chi connectivity index (χ1) is 11.7. The van der Waals surface area contributed by atoms with E-state index in [4.69, 9.17) is 4.99 Å². The molecule has 1 aromatic rings. The average Bonchev–Trinajstić information content (AvgIpc) is 2.63. The van der Waals surface area contributed by atoms with E-state index in [1.165, 1.54) is 19.3 Å². The van der Waals surface area contributed by atoms with Gasteiger partial charge in [-0.3, -0.25) is 9.79 Å². The molecule has 1 aliphatic rings. The summed E-state index contributed by atoms with van der Waals surface area (Å²) in [6, 6.07) is 10.1. The number of anilines is 1. The van der Waals surface area contributed by atoms with E-state index in [1.807, 2.05) is 49.1 Å². The third-order valence-electron chi connectivity index (χ3n) is 4.39. The monoisotopic (exact) mass is 458 g/mol. The maximum atomic E-state index is 12.1. The van der Waals surface area contributed by atoms with Gasteiger partial charge in [0, 0.05) is 38.3 Å². The van der Waals surface area contributed by atoms with Gasteiger partial charge in [-0.25, -0.2) is 0 Å². The number of likely N-dealkylation sites (tertiary alicyclic amines) is 1. The molecule has 1 aliphatic heterocycles. The van der Waals surface area contributed by atoms with Crippen molar-refractivity contribution in [3.05, 3.63) is 30.3 Å². The van der Waals surface area contributed by atoms with Crippen molar-refractivity contribution in [2.24, 2.45) is 4.99 Å². The molecular weight excluding hydrogens is 427 g/mol. The van der Waals surface area contributed by atoms with Crippen LogP contribution in [0.1, 0.15) is 39.5 Å². The Kier molecular flexibility index (Phi) is 10.5. The van der Waals surface area contributed by atoms with Crippen LogP contribution in [0.25, 0.3) is 0 Å². The summed E-state index contributed by atoms with van der Waals surface area (Å²) in [5.74, 6) is 1.08. The van der Waals surface area contributed by atoms with Gasteiger partial charge in [0.15, 0.2) is 5.96 Å². The van der Waals surface area contributed by atoms with E-state index in [9.17, 15) is 4.79 Å². The van der Waals surface area contributed by atoms with Crippen LogP contribution in [0.15, 0.2) is 35.3 Å². The summed E-state index contributed by atoms with van der Waals surface area (Å²) < 4.78 is 0. The SMILES string of the molecule is CCN(CC)C(=O)CCN=C(Nc1ccccc1)N1CCCCC1.I. The number of piperidine rings is 1. The summed E-state index contributed by atoms with van der Waals surface area (Å²) in [6.07, 6.45) is 4.16. The highest BCUT2D eigenvalue weighted by atomic mass is 127. The Morgan fingerprint density at radius 1 is 1.12 bits per heavy atom. The molecule has 1 saturated heterocycles. The molecule has 1 amide bonds. The first kappa shape index (κ1) is 21.7. The molecule has 6 heteroatoms. The van der Waals surface area contributed by atoms with E-state index in [-0.39, 0.29) is 29.9 Å². The molecule has 1 N–H and O–H groups in total. The number of guanidine groups is 1. The molecule has 0 bridgehead atoms. The highest BCUT2D eigenvalue weighted by Gasteiger charge is 2.15. The maximum absolute atomic E-state index is 12.1. The molecule has 0 aliphatic carbocycles. The number of aliphatic imine (C=N–C) groups is 1. The average molecular weight is 458 g/mol. The van der Waals surface area contributed by atoms with Gasteiger partial charge in [-0.2, -0.15) is 0 Å². The van der Waals surface area contributed by atoms with E-state index < -0.39 is 0 Å². The molecule has 140 valence electrons. The van der Waals surface area contributed by atoms with E-state index in [2.05, 4.69) is 10.2 Å². The predicted octanol–water partition coefficient (Wildman–Crippen LogP) is 3.82. The van der Waals surface area contributed by atoms with Gasteiger partial charge in [-0.05, 0) is 45.2 Å². The molecule has 0 aromatic heterocycles.